The predicted octanol–water partition coefficient (Wildman–Crippen LogP) is 0.844. The van der Waals surface area contributed by atoms with Crippen molar-refractivity contribution in [3.05, 3.63) is 48.0 Å². The molecule has 1 aromatic rings. The molecule has 1 amide bonds. The fraction of sp³-hybridized carbons (Fsp3) is 0.154. The summed E-state index contributed by atoms with van der Waals surface area (Å²) in [6.07, 6.45) is 1.02. The molecule has 0 aliphatic rings. The second-order valence-electron chi connectivity index (χ2n) is 3.48. The van der Waals surface area contributed by atoms with Gasteiger partial charge in [-0.3, -0.25) is 4.79 Å². The summed E-state index contributed by atoms with van der Waals surface area (Å²) in [5.41, 5.74) is -0.0202. The third-order valence-electron chi connectivity index (χ3n) is 2.20. The van der Waals surface area contributed by atoms with Gasteiger partial charge in [0.05, 0.1) is 17.7 Å². The van der Waals surface area contributed by atoms with E-state index in [1.807, 2.05) is 0 Å². The lowest BCUT2D eigenvalue weighted by Gasteiger charge is -2.07. The number of esters is 1. The molecule has 19 heavy (non-hydrogen) atoms. The summed E-state index contributed by atoms with van der Waals surface area (Å²) in [6.45, 7) is 3.31. The van der Waals surface area contributed by atoms with Gasteiger partial charge in [-0.25, -0.2) is 9.59 Å². The summed E-state index contributed by atoms with van der Waals surface area (Å²) in [6, 6.07) is 5.86. The average molecular weight is 263 g/mol. The van der Waals surface area contributed by atoms with Gasteiger partial charge in [0, 0.05) is 6.08 Å². The minimum absolute atomic E-state index is 0.00810. The normalized spacial score (nSPS) is 9.47. The molecule has 0 aromatic heterocycles. The van der Waals surface area contributed by atoms with Crippen LogP contribution in [0.5, 0.6) is 0 Å². The molecular weight excluding hydrogens is 250 g/mol. The van der Waals surface area contributed by atoms with Crippen molar-refractivity contribution in [2.45, 2.75) is 0 Å². The van der Waals surface area contributed by atoms with Crippen LogP contribution in [0.4, 0.5) is 0 Å². The van der Waals surface area contributed by atoms with Crippen LogP contribution in [0.15, 0.2) is 36.9 Å². The summed E-state index contributed by atoms with van der Waals surface area (Å²) >= 11 is 0. The molecule has 0 spiro atoms. The molecule has 0 aliphatic heterocycles. The van der Waals surface area contributed by atoms with Gasteiger partial charge in [-0.15, -0.1) is 0 Å². The Morgan fingerprint density at radius 3 is 2.47 bits per heavy atom. The molecule has 100 valence electrons. The van der Waals surface area contributed by atoms with Gasteiger partial charge in [0.15, 0.2) is 0 Å². The predicted molar refractivity (Wildman–Crippen MR) is 66.9 cm³/mol. The van der Waals surface area contributed by atoms with Gasteiger partial charge >= 0.3 is 11.9 Å². The summed E-state index contributed by atoms with van der Waals surface area (Å²) in [5.74, 6) is -2.29. The number of amides is 1. The van der Waals surface area contributed by atoms with E-state index in [-0.39, 0.29) is 24.3 Å². The maximum Gasteiger partial charge on any atom is 0.336 e. The number of ether oxygens (including phenoxy) is 1. The largest absolute Gasteiger partial charge is 0.478 e. The van der Waals surface area contributed by atoms with Crippen LogP contribution in [0.25, 0.3) is 0 Å². The minimum atomic E-state index is -1.18. The Hall–Kier alpha value is -2.63. The molecule has 0 fully saturated rings. The van der Waals surface area contributed by atoms with Gasteiger partial charge in [-0.1, -0.05) is 18.7 Å². The van der Waals surface area contributed by atoms with Gasteiger partial charge < -0.3 is 15.2 Å². The zero-order chi connectivity index (χ0) is 14.3. The number of carboxylic acid groups (broad SMARTS) is 1. The topological polar surface area (TPSA) is 92.7 Å². The first-order chi connectivity index (χ1) is 9.06. The first-order valence-corrected chi connectivity index (χ1v) is 5.46. The Labute approximate surface area is 109 Å². The van der Waals surface area contributed by atoms with Gasteiger partial charge in [0.1, 0.15) is 6.61 Å². The summed E-state index contributed by atoms with van der Waals surface area (Å²) in [7, 11) is 0. The van der Waals surface area contributed by atoms with Gasteiger partial charge in [-0.2, -0.15) is 0 Å². The number of rotatable bonds is 6. The lowest BCUT2D eigenvalue weighted by Crippen LogP contribution is -2.29. The average Bonchev–Trinajstić information content (AvgIpc) is 2.42. The highest BCUT2D eigenvalue weighted by atomic mass is 16.5. The first-order valence-electron chi connectivity index (χ1n) is 5.46. The van der Waals surface area contributed by atoms with Crippen molar-refractivity contribution >= 4 is 17.8 Å². The first kappa shape index (κ1) is 14.4. The fourth-order valence-electron chi connectivity index (χ4n) is 1.34. The number of carboxylic acids is 1. The Balaban J connectivity index is 2.57. The molecule has 6 nitrogen and oxygen atoms in total. The van der Waals surface area contributed by atoms with E-state index >= 15 is 0 Å². The van der Waals surface area contributed by atoms with E-state index in [1.54, 1.807) is 6.07 Å². The van der Waals surface area contributed by atoms with E-state index < -0.39 is 17.8 Å². The smallest absolute Gasteiger partial charge is 0.336 e. The molecule has 2 N–H and O–H groups in total. The van der Waals surface area contributed by atoms with Crippen LogP contribution in [-0.2, 0) is 9.53 Å². The van der Waals surface area contributed by atoms with Crippen molar-refractivity contribution in [3.63, 3.8) is 0 Å². The van der Waals surface area contributed by atoms with Crippen LogP contribution in [0.2, 0.25) is 0 Å². The molecule has 1 rings (SSSR count). The number of aromatic carboxylic acids is 1. The number of carbonyl (C=O) groups is 3. The Morgan fingerprint density at radius 1 is 1.26 bits per heavy atom. The van der Waals surface area contributed by atoms with Gasteiger partial charge in [0.2, 0.25) is 0 Å². The van der Waals surface area contributed by atoms with Crippen molar-refractivity contribution in [2.75, 3.05) is 13.2 Å². The number of nitrogens with one attached hydrogen (secondary N) is 1. The molecule has 0 bridgehead atoms. The molecule has 0 aliphatic carbocycles. The molecular formula is C13H13NO5. The van der Waals surface area contributed by atoms with Crippen LogP contribution in [0, 0.1) is 0 Å². The highest BCUT2D eigenvalue weighted by Gasteiger charge is 2.15. The van der Waals surface area contributed by atoms with Crippen LogP contribution in [0.1, 0.15) is 20.7 Å². The third kappa shape index (κ3) is 4.27. The number of hydrogen-bond donors (Lipinski definition) is 2. The van der Waals surface area contributed by atoms with Crippen LogP contribution in [0.3, 0.4) is 0 Å². The second-order valence-corrected chi connectivity index (χ2v) is 3.48. The van der Waals surface area contributed by atoms with E-state index in [9.17, 15) is 14.4 Å². The lowest BCUT2D eigenvalue weighted by atomic mass is 10.1. The molecule has 0 unspecified atom stereocenters. The van der Waals surface area contributed by atoms with Crippen LogP contribution >= 0.6 is 0 Å². The molecule has 0 atom stereocenters. The molecule has 0 saturated carbocycles. The van der Waals surface area contributed by atoms with Crippen LogP contribution < -0.4 is 5.32 Å². The van der Waals surface area contributed by atoms with Crippen LogP contribution in [-0.4, -0.2) is 36.1 Å². The summed E-state index contributed by atoms with van der Waals surface area (Å²) in [4.78, 5) is 33.4. The molecule has 6 heteroatoms. The zero-order valence-corrected chi connectivity index (χ0v) is 10.1. The number of carbonyl (C=O) groups excluding carboxylic acids is 2. The fourth-order valence-corrected chi connectivity index (χ4v) is 1.34. The van der Waals surface area contributed by atoms with Crippen molar-refractivity contribution in [1.29, 1.82) is 0 Å². The second kappa shape index (κ2) is 6.95. The zero-order valence-electron chi connectivity index (χ0n) is 10.1. The lowest BCUT2D eigenvalue weighted by molar-refractivity contribution is -0.137. The molecule has 1 aromatic carbocycles. The van der Waals surface area contributed by atoms with Crippen molar-refractivity contribution < 1.29 is 24.2 Å². The molecule has 0 radical (unpaired) electrons. The maximum absolute atomic E-state index is 11.7. The maximum atomic E-state index is 11.7. The van der Waals surface area contributed by atoms with Gasteiger partial charge in [0.25, 0.3) is 5.91 Å². The van der Waals surface area contributed by atoms with Gasteiger partial charge in [-0.05, 0) is 12.1 Å². The van der Waals surface area contributed by atoms with Crippen molar-refractivity contribution in [1.82, 2.24) is 5.32 Å². The highest BCUT2D eigenvalue weighted by Crippen LogP contribution is 2.08. The standard InChI is InChI=1S/C13H13NO5/c1-2-11(15)19-8-7-14-12(16)9-5-3-4-6-10(9)13(17)18/h2-6H,1,7-8H2,(H,14,16)(H,17,18). The summed E-state index contributed by atoms with van der Waals surface area (Å²) < 4.78 is 4.67. The Bertz CT molecular complexity index is 510. The monoisotopic (exact) mass is 263 g/mol. The third-order valence-corrected chi connectivity index (χ3v) is 2.20. The van der Waals surface area contributed by atoms with E-state index in [1.165, 1.54) is 18.2 Å². The molecule has 0 saturated heterocycles. The van der Waals surface area contributed by atoms with E-state index in [4.69, 9.17) is 5.11 Å². The SMILES string of the molecule is C=CC(=O)OCCNC(=O)c1ccccc1C(=O)O. The Morgan fingerprint density at radius 2 is 1.89 bits per heavy atom. The quantitative estimate of drug-likeness (QED) is 0.451. The summed E-state index contributed by atoms with van der Waals surface area (Å²) in [5, 5.41) is 11.4. The van der Waals surface area contributed by atoms with Crippen molar-refractivity contribution in [2.24, 2.45) is 0 Å². The highest BCUT2D eigenvalue weighted by molar-refractivity contribution is 6.04. The van der Waals surface area contributed by atoms with E-state index in [0.29, 0.717) is 0 Å². The Kier molecular flexibility index (Phi) is 5.28. The molecule has 0 heterocycles. The minimum Gasteiger partial charge on any atom is -0.478 e. The number of hydrogen-bond acceptors (Lipinski definition) is 4. The van der Waals surface area contributed by atoms with Crippen molar-refractivity contribution in [3.8, 4) is 0 Å². The number of benzene rings is 1. The van der Waals surface area contributed by atoms with E-state index in [2.05, 4.69) is 16.6 Å². The van der Waals surface area contributed by atoms with E-state index in [0.717, 1.165) is 6.08 Å².